The first-order valence-corrected chi connectivity index (χ1v) is 17.9. The third kappa shape index (κ3) is 8.86. The van der Waals surface area contributed by atoms with Crippen LogP contribution in [0.4, 0.5) is 17.1 Å². The van der Waals surface area contributed by atoms with Crippen molar-refractivity contribution < 1.29 is 31.8 Å². The Labute approximate surface area is 273 Å². The van der Waals surface area contributed by atoms with E-state index in [-0.39, 0.29) is 42.3 Å². The monoisotopic (exact) mass is 699 g/mol. The number of amides is 1. The van der Waals surface area contributed by atoms with Crippen LogP contribution in [0, 0.1) is 0 Å². The zero-order valence-electron chi connectivity index (χ0n) is 24.7. The fourth-order valence-electron chi connectivity index (χ4n) is 4.74. The molecule has 1 heterocycles. The Balaban J connectivity index is 1.47. The summed E-state index contributed by atoms with van der Waals surface area (Å²) in [5.41, 5.74) is 1.98. The third-order valence-electron chi connectivity index (χ3n) is 7.26. The van der Waals surface area contributed by atoms with Gasteiger partial charge in [-0.15, -0.1) is 0 Å². The van der Waals surface area contributed by atoms with Crippen LogP contribution in [0.2, 0.25) is 10.0 Å². The van der Waals surface area contributed by atoms with Gasteiger partial charge in [0.05, 0.1) is 35.1 Å². The van der Waals surface area contributed by atoms with Gasteiger partial charge in [0.1, 0.15) is 0 Å². The molecular weight excluding hydrogens is 665 g/mol. The second kappa shape index (κ2) is 14.6. The van der Waals surface area contributed by atoms with E-state index in [1.54, 1.807) is 24.3 Å². The molecule has 0 saturated carbocycles. The first kappa shape index (κ1) is 34.9. The van der Waals surface area contributed by atoms with Crippen molar-refractivity contribution in [2.45, 2.75) is 17.5 Å². The summed E-state index contributed by atoms with van der Waals surface area (Å²) in [5, 5.41) is 25.2. The Hall–Kier alpha value is -2.95. The van der Waals surface area contributed by atoms with E-state index in [0.717, 1.165) is 16.2 Å². The van der Waals surface area contributed by atoms with Crippen molar-refractivity contribution in [1.82, 2.24) is 9.62 Å². The van der Waals surface area contributed by atoms with E-state index in [4.69, 9.17) is 28.3 Å². The molecule has 0 bridgehead atoms. The van der Waals surface area contributed by atoms with E-state index in [0.29, 0.717) is 34.4 Å². The number of piperazine rings is 1. The molecule has 0 aliphatic carbocycles. The summed E-state index contributed by atoms with van der Waals surface area (Å²) < 4.78 is 53.7. The van der Waals surface area contributed by atoms with Crippen LogP contribution < -0.4 is 19.8 Å². The minimum atomic E-state index is -3.81. The van der Waals surface area contributed by atoms with Crippen LogP contribution in [0.1, 0.15) is 15.9 Å². The number of nitrogens with zero attached hydrogens (tertiary/aromatic N) is 3. The van der Waals surface area contributed by atoms with Gasteiger partial charge in [-0.3, -0.25) is 9.10 Å². The molecule has 244 valence electrons. The fraction of sp³-hybridized carbons (Fsp3) is 0.345. The van der Waals surface area contributed by atoms with E-state index >= 15 is 0 Å². The predicted molar refractivity (Wildman–Crippen MR) is 176 cm³/mol. The van der Waals surface area contributed by atoms with Gasteiger partial charge in [0, 0.05) is 67.7 Å². The van der Waals surface area contributed by atoms with E-state index in [2.05, 4.69) is 10.6 Å². The zero-order valence-corrected chi connectivity index (χ0v) is 27.8. The highest BCUT2D eigenvalue weighted by molar-refractivity contribution is 7.92. The van der Waals surface area contributed by atoms with Crippen LogP contribution in [0.5, 0.6) is 0 Å². The van der Waals surface area contributed by atoms with Gasteiger partial charge < -0.3 is 25.7 Å². The third-order valence-corrected chi connectivity index (χ3v) is 10.8. The molecule has 4 rings (SSSR count). The molecule has 0 aromatic heterocycles. The topological polar surface area (TPSA) is 160 Å². The summed E-state index contributed by atoms with van der Waals surface area (Å²) in [5.74, 6) is -0.606. The van der Waals surface area contributed by atoms with Crippen molar-refractivity contribution in [1.29, 1.82) is 0 Å². The Bertz CT molecular complexity index is 1710. The summed E-state index contributed by atoms with van der Waals surface area (Å²) >= 11 is 12.2. The lowest BCUT2D eigenvalue weighted by atomic mass is 10.1. The number of sulfonamides is 2. The van der Waals surface area contributed by atoms with E-state index in [1.165, 1.54) is 47.8 Å². The fourth-order valence-corrected chi connectivity index (χ4v) is 7.20. The van der Waals surface area contributed by atoms with Gasteiger partial charge in [-0.05, 0) is 60.2 Å². The molecule has 0 spiro atoms. The second-order valence-corrected chi connectivity index (χ2v) is 15.4. The number of rotatable bonds is 12. The van der Waals surface area contributed by atoms with Crippen molar-refractivity contribution in [2.24, 2.45) is 0 Å². The van der Waals surface area contributed by atoms with Crippen molar-refractivity contribution in [3.8, 4) is 0 Å². The van der Waals surface area contributed by atoms with Crippen LogP contribution in [0.25, 0.3) is 0 Å². The molecule has 1 amide bonds. The SMILES string of the molecule is CN(c1ccc(CNCC(O)CO)cc1C(=O)Nc1ccc(S(=O)(=O)N2CCN(c3cc(Cl)cc(Cl)c3)CC2)cc1)S(C)(=O)=O. The lowest BCUT2D eigenvalue weighted by Gasteiger charge is -2.35. The minimum Gasteiger partial charge on any atom is -0.394 e. The van der Waals surface area contributed by atoms with Crippen LogP contribution in [0.15, 0.2) is 65.6 Å². The van der Waals surface area contributed by atoms with Crippen LogP contribution in [0.3, 0.4) is 0 Å². The summed E-state index contributed by atoms with van der Waals surface area (Å²) in [6.45, 7) is 1.36. The van der Waals surface area contributed by atoms with Crippen molar-refractivity contribution in [3.05, 3.63) is 81.8 Å². The van der Waals surface area contributed by atoms with Crippen LogP contribution >= 0.6 is 23.2 Å². The molecule has 1 fully saturated rings. The average Bonchev–Trinajstić information content (AvgIpc) is 3.00. The van der Waals surface area contributed by atoms with Gasteiger partial charge in [-0.25, -0.2) is 16.8 Å². The maximum absolute atomic E-state index is 13.4. The Morgan fingerprint density at radius 3 is 2.16 bits per heavy atom. The molecule has 1 saturated heterocycles. The maximum Gasteiger partial charge on any atom is 0.257 e. The van der Waals surface area contributed by atoms with Crippen LogP contribution in [-0.2, 0) is 26.6 Å². The molecule has 16 heteroatoms. The largest absolute Gasteiger partial charge is 0.394 e. The number of aliphatic hydroxyl groups is 2. The van der Waals surface area contributed by atoms with Gasteiger partial charge in [-0.1, -0.05) is 29.3 Å². The van der Waals surface area contributed by atoms with Gasteiger partial charge >= 0.3 is 0 Å². The van der Waals surface area contributed by atoms with Gasteiger partial charge in [-0.2, -0.15) is 4.31 Å². The molecule has 1 atom stereocenters. The molecule has 45 heavy (non-hydrogen) atoms. The van der Waals surface area contributed by atoms with Crippen molar-refractivity contribution in [2.75, 3.05) is 67.2 Å². The Morgan fingerprint density at radius 2 is 1.58 bits per heavy atom. The quantitative estimate of drug-likeness (QED) is 0.223. The van der Waals surface area contributed by atoms with Gasteiger partial charge in [0.2, 0.25) is 20.0 Å². The molecule has 4 N–H and O–H groups in total. The molecule has 1 aliphatic heterocycles. The highest BCUT2D eigenvalue weighted by Crippen LogP contribution is 2.28. The number of benzene rings is 3. The molecule has 3 aromatic rings. The van der Waals surface area contributed by atoms with E-state index < -0.39 is 38.7 Å². The summed E-state index contributed by atoms with van der Waals surface area (Å²) in [6, 6.07) is 15.6. The van der Waals surface area contributed by atoms with Crippen molar-refractivity contribution in [3.63, 3.8) is 0 Å². The minimum absolute atomic E-state index is 0.0652. The number of halogens is 2. The Morgan fingerprint density at radius 1 is 0.956 bits per heavy atom. The van der Waals surface area contributed by atoms with E-state index in [1.807, 2.05) is 4.90 Å². The number of aliphatic hydroxyl groups excluding tert-OH is 2. The first-order valence-electron chi connectivity index (χ1n) is 13.9. The molecule has 1 unspecified atom stereocenters. The smallest absolute Gasteiger partial charge is 0.257 e. The zero-order chi connectivity index (χ0) is 32.9. The number of carbonyl (C=O) groups is 1. The first-order chi connectivity index (χ1) is 21.2. The molecule has 1 aliphatic rings. The highest BCUT2D eigenvalue weighted by atomic mass is 35.5. The van der Waals surface area contributed by atoms with E-state index in [9.17, 15) is 26.7 Å². The number of anilines is 3. The second-order valence-electron chi connectivity index (χ2n) is 10.5. The number of hydrogen-bond acceptors (Lipinski definition) is 9. The Kier molecular flexibility index (Phi) is 11.4. The average molecular weight is 701 g/mol. The van der Waals surface area contributed by atoms with Crippen LogP contribution in [-0.4, -0.2) is 96.0 Å². The molecule has 0 radical (unpaired) electrons. The number of hydrogen-bond donors (Lipinski definition) is 4. The normalized spacial score (nSPS) is 15.1. The summed E-state index contributed by atoms with van der Waals surface area (Å²) in [6.07, 6.45) is 0.0696. The highest BCUT2D eigenvalue weighted by Gasteiger charge is 2.29. The van der Waals surface area contributed by atoms with Gasteiger partial charge in [0.25, 0.3) is 5.91 Å². The molecule has 12 nitrogen and oxygen atoms in total. The summed E-state index contributed by atoms with van der Waals surface area (Å²) in [4.78, 5) is 15.5. The summed E-state index contributed by atoms with van der Waals surface area (Å²) in [7, 11) is -6.17. The lowest BCUT2D eigenvalue weighted by molar-refractivity contribution is 0.0942. The predicted octanol–water partition coefficient (Wildman–Crippen LogP) is 2.60. The maximum atomic E-state index is 13.4. The van der Waals surface area contributed by atoms with Gasteiger partial charge in [0.15, 0.2) is 0 Å². The number of carbonyl (C=O) groups excluding carboxylic acids is 1. The number of nitrogens with one attached hydrogen (secondary N) is 2. The lowest BCUT2D eigenvalue weighted by Crippen LogP contribution is -2.48. The molecular formula is C29H35Cl2N5O7S2. The standard InChI is InChI=1S/C29H35Cl2N5O7S2/c1-34(44(2,40)41)28-8-3-20(17-32-18-25(38)19-37)13-27(28)29(39)33-23-4-6-26(7-5-23)45(42,43)36-11-9-35(10-12-36)24-15-21(30)14-22(31)16-24/h3-8,13-16,25,32,37-38H,9-12,17-19H2,1-2H3,(H,33,39). The molecule has 3 aromatic carbocycles. The van der Waals surface area contributed by atoms with Crippen molar-refractivity contribution >= 4 is 66.2 Å².